The summed E-state index contributed by atoms with van der Waals surface area (Å²) in [5, 5.41) is 21.5. The molecule has 24 heavy (non-hydrogen) atoms. The molecule has 1 aromatic carbocycles. The molecule has 1 saturated heterocycles. The third-order valence-corrected chi connectivity index (χ3v) is 4.61. The molecule has 1 fully saturated rings. The number of likely N-dealkylation sites (tertiary alicyclic amines) is 1. The van der Waals surface area contributed by atoms with Gasteiger partial charge in [0.25, 0.3) is 5.69 Å². The summed E-state index contributed by atoms with van der Waals surface area (Å²) in [6, 6.07) is 10.2. The Labute approximate surface area is 140 Å². The van der Waals surface area contributed by atoms with E-state index in [9.17, 15) is 15.2 Å². The van der Waals surface area contributed by atoms with Crippen LogP contribution in [0, 0.1) is 10.1 Å². The van der Waals surface area contributed by atoms with E-state index in [0.29, 0.717) is 12.1 Å². The van der Waals surface area contributed by atoms with E-state index < -0.39 is 11.0 Å². The maximum Gasteiger partial charge on any atom is 0.269 e. The second kappa shape index (κ2) is 7.59. The van der Waals surface area contributed by atoms with Gasteiger partial charge in [-0.3, -0.25) is 15.0 Å². The van der Waals surface area contributed by atoms with Gasteiger partial charge in [-0.15, -0.1) is 0 Å². The van der Waals surface area contributed by atoms with E-state index in [0.717, 1.165) is 31.6 Å². The third-order valence-electron chi connectivity index (χ3n) is 4.61. The minimum Gasteiger partial charge on any atom is -0.468 e. The molecule has 6 nitrogen and oxygen atoms in total. The number of rotatable bonds is 5. The van der Waals surface area contributed by atoms with Crippen molar-refractivity contribution < 1.29 is 14.4 Å². The number of nitro benzene ring substituents is 1. The van der Waals surface area contributed by atoms with Crippen molar-refractivity contribution in [3.05, 3.63) is 64.1 Å². The second-order valence-corrected chi connectivity index (χ2v) is 6.24. The number of hydrogen-bond donors (Lipinski definition) is 1. The number of aliphatic hydroxyl groups is 1. The van der Waals surface area contributed by atoms with Crippen molar-refractivity contribution in [3.8, 4) is 0 Å². The van der Waals surface area contributed by atoms with Crippen LogP contribution in [0.3, 0.4) is 0 Å². The molecule has 2 aromatic rings. The van der Waals surface area contributed by atoms with Crippen LogP contribution in [0.1, 0.15) is 49.2 Å². The molecule has 3 rings (SSSR count). The molecule has 0 spiro atoms. The van der Waals surface area contributed by atoms with Crippen LogP contribution in [0.25, 0.3) is 0 Å². The van der Waals surface area contributed by atoms with Crippen molar-refractivity contribution in [2.24, 2.45) is 0 Å². The highest BCUT2D eigenvalue weighted by Crippen LogP contribution is 2.32. The maximum atomic E-state index is 10.9. The van der Waals surface area contributed by atoms with Gasteiger partial charge in [0.2, 0.25) is 0 Å². The lowest BCUT2D eigenvalue weighted by molar-refractivity contribution is -0.385. The lowest BCUT2D eigenvalue weighted by Gasteiger charge is -2.30. The van der Waals surface area contributed by atoms with E-state index >= 15 is 0 Å². The summed E-state index contributed by atoms with van der Waals surface area (Å²) < 4.78 is 5.58. The molecule has 0 radical (unpaired) electrons. The molecule has 2 heterocycles. The number of non-ortho nitro benzene ring substituents is 1. The number of aliphatic hydroxyl groups excluding tert-OH is 1. The summed E-state index contributed by atoms with van der Waals surface area (Å²) in [5.41, 5.74) is 0.580. The van der Waals surface area contributed by atoms with E-state index in [-0.39, 0.29) is 11.7 Å². The third kappa shape index (κ3) is 3.83. The summed E-state index contributed by atoms with van der Waals surface area (Å²) in [4.78, 5) is 12.7. The topological polar surface area (TPSA) is 79.8 Å². The summed E-state index contributed by atoms with van der Waals surface area (Å²) in [6.45, 7) is 1.32. The van der Waals surface area contributed by atoms with Crippen molar-refractivity contribution in [2.45, 2.75) is 37.8 Å². The molecule has 2 unspecified atom stereocenters. The Morgan fingerprint density at radius 2 is 2.17 bits per heavy atom. The van der Waals surface area contributed by atoms with E-state index in [2.05, 4.69) is 4.90 Å². The fourth-order valence-electron chi connectivity index (χ4n) is 3.36. The van der Waals surface area contributed by atoms with Crippen LogP contribution >= 0.6 is 0 Å². The maximum absolute atomic E-state index is 10.9. The standard InChI is InChI=1S/C18H22N2O4/c21-17(14-6-4-7-15(12-14)20(22)23)13-19-10-3-1-2-8-16(19)18-9-5-11-24-18/h4-7,9,11-12,16-17,21H,1-3,8,10,13H2. The predicted molar refractivity (Wildman–Crippen MR) is 89.5 cm³/mol. The van der Waals surface area contributed by atoms with Crippen LogP contribution in [0.4, 0.5) is 5.69 Å². The Bertz CT molecular complexity index is 671. The first kappa shape index (κ1) is 16.7. The van der Waals surface area contributed by atoms with E-state index in [1.54, 1.807) is 18.4 Å². The first-order chi connectivity index (χ1) is 11.6. The fourth-order valence-corrected chi connectivity index (χ4v) is 3.36. The largest absolute Gasteiger partial charge is 0.468 e. The smallest absolute Gasteiger partial charge is 0.269 e. The van der Waals surface area contributed by atoms with Crippen molar-refractivity contribution in [2.75, 3.05) is 13.1 Å². The number of β-amino-alcohol motifs (C(OH)–C–C–N with tert-alkyl or cyclic N) is 1. The highest BCUT2D eigenvalue weighted by Gasteiger charge is 2.27. The molecule has 1 aromatic heterocycles. The monoisotopic (exact) mass is 330 g/mol. The molecule has 6 heteroatoms. The van der Waals surface area contributed by atoms with Gasteiger partial charge in [0.05, 0.1) is 23.3 Å². The number of furan rings is 1. The SMILES string of the molecule is O=[N+]([O-])c1cccc(C(O)CN2CCCCCC2c2ccco2)c1. The van der Waals surface area contributed by atoms with Crippen LogP contribution in [0.5, 0.6) is 0 Å². The average molecular weight is 330 g/mol. The van der Waals surface area contributed by atoms with Gasteiger partial charge in [-0.2, -0.15) is 0 Å². The minimum absolute atomic E-state index is 0.00463. The minimum atomic E-state index is -0.763. The molecule has 1 aliphatic heterocycles. The molecule has 128 valence electrons. The van der Waals surface area contributed by atoms with Gasteiger partial charge in [-0.05, 0) is 37.1 Å². The van der Waals surface area contributed by atoms with Crippen molar-refractivity contribution in [1.82, 2.24) is 4.90 Å². The normalized spacial score (nSPS) is 20.5. The van der Waals surface area contributed by atoms with E-state index in [1.807, 2.05) is 12.1 Å². The summed E-state index contributed by atoms with van der Waals surface area (Å²) >= 11 is 0. The zero-order valence-electron chi connectivity index (χ0n) is 13.5. The molecule has 2 atom stereocenters. The molecular weight excluding hydrogens is 308 g/mol. The number of benzene rings is 1. The zero-order valence-corrected chi connectivity index (χ0v) is 13.5. The van der Waals surface area contributed by atoms with Crippen LogP contribution < -0.4 is 0 Å². The first-order valence-electron chi connectivity index (χ1n) is 8.35. The van der Waals surface area contributed by atoms with Gasteiger partial charge >= 0.3 is 0 Å². The molecule has 1 N–H and O–H groups in total. The summed E-state index contributed by atoms with van der Waals surface area (Å²) in [7, 11) is 0. The van der Waals surface area contributed by atoms with Crippen molar-refractivity contribution >= 4 is 5.69 Å². The van der Waals surface area contributed by atoms with Crippen LogP contribution in [-0.2, 0) is 0 Å². The number of hydrogen-bond acceptors (Lipinski definition) is 5. The zero-order chi connectivity index (χ0) is 16.9. The molecule has 1 aliphatic rings. The van der Waals surface area contributed by atoms with Gasteiger partial charge in [0.1, 0.15) is 5.76 Å². The Balaban J connectivity index is 1.76. The van der Waals surface area contributed by atoms with Gasteiger partial charge in [0.15, 0.2) is 0 Å². The van der Waals surface area contributed by atoms with Crippen molar-refractivity contribution in [1.29, 1.82) is 0 Å². The van der Waals surface area contributed by atoms with Gasteiger partial charge in [-0.25, -0.2) is 0 Å². The van der Waals surface area contributed by atoms with E-state index in [1.165, 1.54) is 18.6 Å². The average Bonchev–Trinajstić information content (AvgIpc) is 3.02. The molecule has 0 amide bonds. The Morgan fingerprint density at radius 3 is 2.92 bits per heavy atom. The van der Waals surface area contributed by atoms with Crippen LogP contribution in [0.15, 0.2) is 47.1 Å². The number of nitrogens with zero attached hydrogens (tertiary/aromatic N) is 2. The lowest BCUT2D eigenvalue weighted by atomic mass is 10.0. The Hall–Kier alpha value is -2.18. The molecular formula is C18H22N2O4. The van der Waals surface area contributed by atoms with E-state index in [4.69, 9.17) is 4.42 Å². The molecule has 0 saturated carbocycles. The highest BCUT2D eigenvalue weighted by molar-refractivity contribution is 5.35. The molecule has 0 bridgehead atoms. The van der Waals surface area contributed by atoms with Crippen LogP contribution in [-0.4, -0.2) is 28.0 Å². The Kier molecular flexibility index (Phi) is 5.27. The predicted octanol–water partition coefficient (Wildman–Crippen LogP) is 3.84. The lowest BCUT2D eigenvalue weighted by Crippen LogP contribution is -2.32. The van der Waals surface area contributed by atoms with Crippen LogP contribution in [0.2, 0.25) is 0 Å². The quantitative estimate of drug-likeness (QED) is 0.665. The first-order valence-corrected chi connectivity index (χ1v) is 8.35. The second-order valence-electron chi connectivity index (χ2n) is 6.24. The summed E-state index contributed by atoms with van der Waals surface area (Å²) in [6.07, 6.45) is 5.29. The van der Waals surface area contributed by atoms with Gasteiger partial charge < -0.3 is 9.52 Å². The molecule has 0 aliphatic carbocycles. The van der Waals surface area contributed by atoms with Gasteiger partial charge in [-0.1, -0.05) is 25.0 Å². The number of nitro groups is 1. The van der Waals surface area contributed by atoms with Crippen molar-refractivity contribution in [3.63, 3.8) is 0 Å². The Morgan fingerprint density at radius 1 is 1.29 bits per heavy atom. The fraction of sp³-hybridized carbons (Fsp3) is 0.444. The summed E-state index contributed by atoms with van der Waals surface area (Å²) in [5.74, 6) is 0.920. The van der Waals surface area contributed by atoms with Gasteiger partial charge in [0, 0.05) is 18.7 Å². The highest BCUT2D eigenvalue weighted by atomic mass is 16.6.